The quantitative estimate of drug-likeness (QED) is 0.630. The summed E-state index contributed by atoms with van der Waals surface area (Å²) in [6, 6.07) is 4.16. The number of nitrogens with two attached hydrogens (primary N) is 2. The first kappa shape index (κ1) is 15.3. The van der Waals surface area contributed by atoms with Crippen LogP contribution in [0.1, 0.15) is 6.92 Å². The molecule has 1 amide bonds. The molecule has 0 aliphatic carbocycles. The summed E-state index contributed by atoms with van der Waals surface area (Å²) >= 11 is 0. The summed E-state index contributed by atoms with van der Waals surface area (Å²) in [6.07, 6.45) is 0. The van der Waals surface area contributed by atoms with E-state index < -0.39 is 10.0 Å². The van der Waals surface area contributed by atoms with Gasteiger partial charge in [0.2, 0.25) is 15.9 Å². The number of hydrogen-bond donors (Lipinski definition) is 3. The molecule has 0 aliphatic rings. The summed E-state index contributed by atoms with van der Waals surface area (Å²) in [5, 5.41) is 7.68. The zero-order valence-corrected chi connectivity index (χ0v) is 11.7. The molecule has 0 saturated heterocycles. The van der Waals surface area contributed by atoms with E-state index in [2.05, 4.69) is 5.32 Å². The van der Waals surface area contributed by atoms with Crippen LogP contribution in [0, 0.1) is 0 Å². The lowest BCUT2D eigenvalue weighted by Crippen LogP contribution is -2.35. The van der Waals surface area contributed by atoms with Crippen LogP contribution in [0.2, 0.25) is 0 Å². The number of carbonyl (C=O) groups excluding carboxylic acids is 1. The predicted octanol–water partition coefficient (Wildman–Crippen LogP) is -0.511. The van der Waals surface area contributed by atoms with E-state index in [0.717, 1.165) is 0 Å². The highest BCUT2D eigenvalue weighted by Gasteiger charge is 2.13. The van der Waals surface area contributed by atoms with Crippen LogP contribution < -0.4 is 21.1 Å². The van der Waals surface area contributed by atoms with Gasteiger partial charge in [-0.3, -0.25) is 4.79 Å². The van der Waals surface area contributed by atoms with Gasteiger partial charge < -0.3 is 16.0 Å². The first-order valence-corrected chi connectivity index (χ1v) is 7.20. The third kappa shape index (κ3) is 4.11. The van der Waals surface area contributed by atoms with Gasteiger partial charge in [-0.15, -0.1) is 0 Å². The molecule has 5 N–H and O–H groups in total. The van der Waals surface area contributed by atoms with E-state index in [4.69, 9.17) is 10.9 Å². The topological polar surface area (TPSA) is 119 Å². The zero-order chi connectivity index (χ0) is 14.6. The number of likely N-dealkylation sites (N-methyl/N-ethyl adjacent to an activating group) is 2. The number of primary sulfonamides is 1. The zero-order valence-electron chi connectivity index (χ0n) is 10.9. The number of nitrogen functional groups attached to an aromatic ring is 1. The van der Waals surface area contributed by atoms with Crippen LogP contribution in [0.5, 0.6) is 0 Å². The van der Waals surface area contributed by atoms with E-state index in [1.165, 1.54) is 18.2 Å². The van der Waals surface area contributed by atoms with Crippen molar-refractivity contribution in [3.63, 3.8) is 0 Å². The molecule has 0 fully saturated rings. The third-order valence-corrected chi connectivity index (χ3v) is 3.40. The number of benzene rings is 1. The average Bonchev–Trinajstić information content (AvgIpc) is 2.27. The molecule has 1 aromatic carbocycles. The van der Waals surface area contributed by atoms with Gasteiger partial charge in [0.15, 0.2) is 0 Å². The Morgan fingerprint density at radius 1 is 1.42 bits per heavy atom. The van der Waals surface area contributed by atoms with Crippen LogP contribution in [0.25, 0.3) is 0 Å². The third-order valence-electron chi connectivity index (χ3n) is 2.49. The molecule has 0 unspecified atom stereocenters. The number of sulfonamides is 1. The van der Waals surface area contributed by atoms with E-state index in [1.807, 2.05) is 6.92 Å². The Balaban J connectivity index is 2.94. The molecule has 8 heteroatoms. The molecule has 0 spiro atoms. The molecule has 7 nitrogen and oxygen atoms in total. The molecule has 19 heavy (non-hydrogen) atoms. The van der Waals surface area contributed by atoms with Gasteiger partial charge in [0.25, 0.3) is 0 Å². The summed E-state index contributed by atoms with van der Waals surface area (Å²) in [5.74, 6) is -0.139. The Hall–Kier alpha value is -1.80. The molecule has 106 valence electrons. The maximum absolute atomic E-state index is 11.5. The Labute approximate surface area is 112 Å². The van der Waals surface area contributed by atoms with Crippen LogP contribution in [-0.4, -0.2) is 34.5 Å². The van der Waals surface area contributed by atoms with Crippen molar-refractivity contribution < 1.29 is 13.2 Å². The minimum Gasteiger partial charge on any atom is -0.397 e. The van der Waals surface area contributed by atoms with Crippen molar-refractivity contribution in [3.8, 4) is 0 Å². The SMILES string of the molecule is CCNC(=O)CN(C)c1ccc(S(N)(=O)=O)cc1N. The molecule has 0 atom stereocenters. The van der Waals surface area contributed by atoms with Crippen molar-refractivity contribution >= 4 is 27.3 Å². The number of hydrogen-bond acceptors (Lipinski definition) is 5. The van der Waals surface area contributed by atoms with Gasteiger partial charge in [0.05, 0.1) is 22.8 Å². The number of anilines is 2. The van der Waals surface area contributed by atoms with E-state index in [9.17, 15) is 13.2 Å². The maximum Gasteiger partial charge on any atom is 0.239 e. The second-order valence-electron chi connectivity index (χ2n) is 4.08. The fourth-order valence-electron chi connectivity index (χ4n) is 1.61. The first-order valence-electron chi connectivity index (χ1n) is 5.66. The number of rotatable bonds is 5. The smallest absolute Gasteiger partial charge is 0.239 e. The molecule has 0 saturated carbocycles. The summed E-state index contributed by atoms with van der Waals surface area (Å²) in [7, 11) is -2.09. The van der Waals surface area contributed by atoms with E-state index in [0.29, 0.717) is 12.2 Å². The van der Waals surface area contributed by atoms with Gasteiger partial charge in [-0.05, 0) is 25.1 Å². The van der Waals surface area contributed by atoms with Crippen molar-refractivity contribution in [3.05, 3.63) is 18.2 Å². The Morgan fingerprint density at radius 3 is 2.53 bits per heavy atom. The fraction of sp³-hybridized carbons (Fsp3) is 0.364. The Morgan fingerprint density at radius 2 is 2.05 bits per heavy atom. The molecular formula is C11H18N4O3S. The van der Waals surface area contributed by atoms with E-state index in [1.54, 1.807) is 11.9 Å². The monoisotopic (exact) mass is 286 g/mol. The summed E-state index contributed by atoms with van der Waals surface area (Å²) in [6.45, 7) is 2.51. The van der Waals surface area contributed by atoms with Crippen molar-refractivity contribution in [1.82, 2.24) is 5.32 Å². The van der Waals surface area contributed by atoms with Crippen LogP contribution in [0.3, 0.4) is 0 Å². The summed E-state index contributed by atoms with van der Waals surface area (Å²) in [5.41, 5.74) is 6.59. The van der Waals surface area contributed by atoms with Crippen LogP contribution >= 0.6 is 0 Å². The summed E-state index contributed by atoms with van der Waals surface area (Å²) in [4.78, 5) is 13.0. The molecule has 1 rings (SSSR count). The van der Waals surface area contributed by atoms with Gasteiger partial charge >= 0.3 is 0 Å². The Bertz CT molecular complexity index is 571. The Kier molecular flexibility index (Phi) is 4.73. The van der Waals surface area contributed by atoms with Crippen LogP contribution in [0.4, 0.5) is 11.4 Å². The largest absolute Gasteiger partial charge is 0.397 e. The number of carbonyl (C=O) groups is 1. The van der Waals surface area contributed by atoms with Gasteiger partial charge in [0.1, 0.15) is 0 Å². The first-order chi connectivity index (χ1) is 8.75. The number of nitrogens with one attached hydrogen (secondary N) is 1. The molecule has 0 bridgehead atoms. The highest BCUT2D eigenvalue weighted by Crippen LogP contribution is 2.24. The second-order valence-corrected chi connectivity index (χ2v) is 5.64. The maximum atomic E-state index is 11.5. The highest BCUT2D eigenvalue weighted by molar-refractivity contribution is 7.89. The van der Waals surface area contributed by atoms with E-state index in [-0.39, 0.29) is 23.0 Å². The lowest BCUT2D eigenvalue weighted by atomic mass is 10.2. The minimum absolute atomic E-state index is 0.0554. The highest BCUT2D eigenvalue weighted by atomic mass is 32.2. The molecule has 0 heterocycles. The summed E-state index contributed by atoms with van der Waals surface area (Å²) < 4.78 is 22.3. The second kappa shape index (κ2) is 5.89. The van der Waals surface area contributed by atoms with Crippen molar-refractivity contribution in [2.75, 3.05) is 30.8 Å². The lowest BCUT2D eigenvalue weighted by Gasteiger charge is -2.20. The standard InChI is InChI=1S/C11H18N4O3S/c1-3-14-11(16)7-15(2)10-5-4-8(6-9(10)12)19(13,17)18/h4-6H,3,7,12H2,1-2H3,(H,14,16)(H2,13,17,18). The van der Waals surface area contributed by atoms with Gasteiger partial charge in [-0.25, -0.2) is 13.6 Å². The fourth-order valence-corrected chi connectivity index (χ4v) is 2.16. The van der Waals surface area contributed by atoms with Crippen molar-refractivity contribution in [2.24, 2.45) is 5.14 Å². The van der Waals surface area contributed by atoms with E-state index >= 15 is 0 Å². The molecule has 0 aromatic heterocycles. The van der Waals surface area contributed by atoms with Crippen LogP contribution in [0.15, 0.2) is 23.1 Å². The normalized spacial score (nSPS) is 11.1. The number of amides is 1. The molecule has 1 aromatic rings. The lowest BCUT2D eigenvalue weighted by molar-refractivity contribution is -0.119. The average molecular weight is 286 g/mol. The molecule has 0 radical (unpaired) electrons. The minimum atomic E-state index is -3.78. The van der Waals surface area contributed by atoms with Gasteiger partial charge in [-0.1, -0.05) is 0 Å². The molecule has 0 aliphatic heterocycles. The van der Waals surface area contributed by atoms with Crippen molar-refractivity contribution in [2.45, 2.75) is 11.8 Å². The van der Waals surface area contributed by atoms with Gasteiger partial charge in [-0.2, -0.15) is 0 Å². The van der Waals surface area contributed by atoms with Crippen LogP contribution in [-0.2, 0) is 14.8 Å². The van der Waals surface area contributed by atoms with Gasteiger partial charge in [0, 0.05) is 13.6 Å². The van der Waals surface area contributed by atoms with Crippen molar-refractivity contribution in [1.29, 1.82) is 0 Å². The predicted molar refractivity (Wildman–Crippen MR) is 74.2 cm³/mol. The molecular weight excluding hydrogens is 268 g/mol. The number of nitrogens with zero attached hydrogens (tertiary/aromatic N) is 1.